The summed E-state index contributed by atoms with van der Waals surface area (Å²) in [6.45, 7) is 0.490. The van der Waals surface area contributed by atoms with E-state index in [1.807, 2.05) is 36.4 Å². The third-order valence-electron chi connectivity index (χ3n) is 2.37. The highest BCUT2D eigenvalue weighted by Gasteiger charge is 2.01. The van der Waals surface area contributed by atoms with Crippen LogP contribution in [0.15, 0.2) is 47.1 Å². The largest absolute Gasteiger partial charge is 0.464 e. The van der Waals surface area contributed by atoms with Crippen molar-refractivity contribution >= 4 is 17.5 Å². The monoisotopic (exact) mass is 249 g/mol. The lowest BCUT2D eigenvalue weighted by molar-refractivity contribution is -0.118. The minimum atomic E-state index is -0.165. The van der Waals surface area contributed by atoms with Crippen LogP contribution in [0, 0.1) is 0 Å². The lowest BCUT2D eigenvalue weighted by atomic mass is 10.1. The van der Waals surface area contributed by atoms with Gasteiger partial charge in [-0.2, -0.15) is 0 Å². The number of carbonyl (C=O) groups excluding carboxylic acids is 1. The number of halogens is 1. The maximum atomic E-state index is 11.0. The number of amides is 1. The van der Waals surface area contributed by atoms with Crippen molar-refractivity contribution < 1.29 is 9.21 Å². The molecule has 0 aliphatic heterocycles. The first-order valence-corrected chi connectivity index (χ1v) is 5.78. The third kappa shape index (κ3) is 3.11. The molecule has 0 bridgehead atoms. The summed E-state index contributed by atoms with van der Waals surface area (Å²) in [5, 5.41) is 2.71. The minimum absolute atomic E-state index is 0.00945. The van der Waals surface area contributed by atoms with Gasteiger partial charge in [0.2, 0.25) is 5.91 Å². The van der Waals surface area contributed by atoms with Gasteiger partial charge in [0.15, 0.2) is 0 Å². The zero-order chi connectivity index (χ0) is 12.1. The molecule has 4 heteroatoms. The molecule has 1 aromatic heterocycles. The van der Waals surface area contributed by atoms with E-state index in [0.717, 1.165) is 16.9 Å². The predicted octanol–water partition coefficient (Wildman–Crippen LogP) is 2.80. The number of rotatable bonds is 4. The average Bonchev–Trinajstić information content (AvgIpc) is 2.90. The Balaban J connectivity index is 2.01. The Hall–Kier alpha value is -1.74. The van der Waals surface area contributed by atoms with Crippen LogP contribution in [0.5, 0.6) is 0 Å². The van der Waals surface area contributed by atoms with E-state index < -0.39 is 0 Å². The van der Waals surface area contributed by atoms with Gasteiger partial charge in [-0.05, 0) is 17.7 Å². The molecule has 0 aliphatic carbocycles. The van der Waals surface area contributed by atoms with Crippen molar-refractivity contribution in [3.63, 3.8) is 0 Å². The number of nitrogens with one attached hydrogen (secondary N) is 1. The molecule has 3 nitrogen and oxygen atoms in total. The van der Waals surface area contributed by atoms with Crippen molar-refractivity contribution in [1.82, 2.24) is 5.32 Å². The highest BCUT2D eigenvalue weighted by Crippen LogP contribution is 2.19. The standard InChI is InChI=1S/C13H12ClNO2/c14-8-13(16)15-9-10-3-5-11(6-4-10)12-2-1-7-17-12/h1-7H,8-9H2,(H,15,16). The van der Waals surface area contributed by atoms with Crippen LogP contribution in [-0.2, 0) is 11.3 Å². The molecule has 1 aromatic carbocycles. The molecule has 0 spiro atoms. The summed E-state index contributed by atoms with van der Waals surface area (Å²) in [6.07, 6.45) is 1.64. The molecule has 17 heavy (non-hydrogen) atoms. The molecule has 1 amide bonds. The molecule has 0 atom stereocenters. The lowest BCUT2D eigenvalue weighted by Crippen LogP contribution is -2.23. The molecule has 0 radical (unpaired) electrons. The topological polar surface area (TPSA) is 42.2 Å². The number of benzene rings is 1. The Morgan fingerprint density at radius 2 is 2.00 bits per heavy atom. The Kier molecular flexibility index (Phi) is 3.83. The van der Waals surface area contributed by atoms with Gasteiger partial charge in [-0.1, -0.05) is 24.3 Å². The van der Waals surface area contributed by atoms with Gasteiger partial charge in [-0.25, -0.2) is 0 Å². The second kappa shape index (κ2) is 5.55. The molecular weight excluding hydrogens is 238 g/mol. The maximum Gasteiger partial charge on any atom is 0.235 e. The van der Waals surface area contributed by atoms with Gasteiger partial charge in [-0.15, -0.1) is 11.6 Å². The van der Waals surface area contributed by atoms with Crippen LogP contribution in [0.2, 0.25) is 0 Å². The van der Waals surface area contributed by atoms with E-state index in [1.54, 1.807) is 6.26 Å². The molecule has 88 valence electrons. The van der Waals surface area contributed by atoms with Gasteiger partial charge in [0.1, 0.15) is 11.6 Å². The molecule has 1 heterocycles. The van der Waals surface area contributed by atoms with Gasteiger partial charge in [0.05, 0.1) is 6.26 Å². The Labute approximate surface area is 104 Å². The van der Waals surface area contributed by atoms with Crippen molar-refractivity contribution in [2.75, 3.05) is 5.88 Å². The first-order chi connectivity index (χ1) is 8.29. The predicted molar refractivity (Wildman–Crippen MR) is 66.7 cm³/mol. The van der Waals surface area contributed by atoms with Gasteiger partial charge in [0.25, 0.3) is 0 Å². The molecule has 0 fully saturated rings. The van der Waals surface area contributed by atoms with Crippen LogP contribution in [0.3, 0.4) is 0 Å². The highest BCUT2D eigenvalue weighted by atomic mass is 35.5. The van der Waals surface area contributed by atoms with Crippen molar-refractivity contribution in [1.29, 1.82) is 0 Å². The van der Waals surface area contributed by atoms with E-state index in [9.17, 15) is 4.79 Å². The average molecular weight is 250 g/mol. The lowest BCUT2D eigenvalue weighted by Gasteiger charge is -2.04. The van der Waals surface area contributed by atoms with E-state index >= 15 is 0 Å². The summed E-state index contributed by atoms with van der Waals surface area (Å²) in [7, 11) is 0. The second-order valence-electron chi connectivity index (χ2n) is 3.58. The number of hydrogen-bond acceptors (Lipinski definition) is 2. The Morgan fingerprint density at radius 3 is 2.59 bits per heavy atom. The van der Waals surface area contributed by atoms with Crippen molar-refractivity contribution in [3.8, 4) is 11.3 Å². The SMILES string of the molecule is O=C(CCl)NCc1ccc(-c2ccco2)cc1. The fourth-order valence-corrected chi connectivity index (χ4v) is 1.57. The van der Waals surface area contributed by atoms with Crippen molar-refractivity contribution in [2.24, 2.45) is 0 Å². The molecule has 2 rings (SSSR count). The molecular formula is C13H12ClNO2. The smallest absolute Gasteiger partial charge is 0.235 e. The number of alkyl halides is 1. The van der Waals surface area contributed by atoms with E-state index in [0.29, 0.717) is 6.54 Å². The number of furan rings is 1. The van der Waals surface area contributed by atoms with Gasteiger partial charge in [-0.3, -0.25) is 4.79 Å². The first kappa shape index (κ1) is 11.7. The molecule has 0 unspecified atom stereocenters. The molecule has 0 saturated carbocycles. The van der Waals surface area contributed by atoms with Crippen LogP contribution in [0.4, 0.5) is 0 Å². The summed E-state index contributed by atoms with van der Waals surface area (Å²) in [5.74, 6) is 0.660. The summed E-state index contributed by atoms with van der Waals surface area (Å²) in [5.41, 5.74) is 2.04. The van der Waals surface area contributed by atoms with Crippen LogP contribution < -0.4 is 5.32 Å². The zero-order valence-corrected chi connectivity index (χ0v) is 9.91. The zero-order valence-electron chi connectivity index (χ0n) is 9.15. The molecule has 1 N–H and O–H groups in total. The summed E-state index contributed by atoms with van der Waals surface area (Å²) >= 11 is 5.39. The van der Waals surface area contributed by atoms with E-state index in [2.05, 4.69) is 5.32 Å². The van der Waals surface area contributed by atoms with E-state index in [1.165, 1.54) is 0 Å². The second-order valence-corrected chi connectivity index (χ2v) is 3.85. The van der Waals surface area contributed by atoms with Crippen molar-refractivity contribution in [3.05, 3.63) is 48.2 Å². The van der Waals surface area contributed by atoms with Crippen LogP contribution >= 0.6 is 11.6 Å². The van der Waals surface area contributed by atoms with Gasteiger partial charge < -0.3 is 9.73 Å². The number of hydrogen-bond donors (Lipinski definition) is 1. The van der Waals surface area contributed by atoms with Crippen LogP contribution in [-0.4, -0.2) is 11.8 Å². The van der Waals surface area contributed by atoms with E-state index in [-0.39, 0.29) is 11.8 Å². The third-order valence-corrected chi connectivity index (χ3v) is 2.61. The first-order valence-electron chi connectivity index (χ1n) is 5.25. The Morgan fingerprint density at radius 1 is 1.24 bits per heavy atom. The van der Waals surface area contributed by atoms with Gasteiger partial charge in [0, 0.05) is 12.1 Å². The fraction of sp³-hybridized carbons (Fsp3) is 0.154. The Bertz CT molecular complexity index is 477. The minimum Gasteiger partial charge on any atom is -0.464 e. The number of carbonyl (C=O) groups is 1. The maximum absolute atomic E-state index is 11.0. The van der Waals surface area contributed by atoms with E-state index in [4.69, 9.17) is 16.0 Å². The normalized spacial score (nSPS) is 10.2. The fourth-order valence-electron chi connectivity index (χ4n) is 1.48. The quantitative estimate of drug-likeness (QED) is 0.847. The van der Waals surface area contributed by atoms with Gasteiger partial charge >= 0.3 is 0 Å². The summed E-state index contributed by atoms with van der Waals surface area (Å²) in [6, 6.07) is 11.6. The summed E-state index contributed by atoms with van der Waals surface area (Å²) < 4.78 is 5.29. The van der Waals surface area contributed by atoms with Crippen LogP contribution in [0.1, 0.15) is 5.56 Å². The van der Waals surface area contributed by atoms with Crippen LogP contribution in [0.25, 0.3) is 11.3 Å². The highest BCUT2D eigenvalue weighted by molar-refractivity contribution is 6.27. The molecule has 0 saturated heterocycles. The molecule has 0 aliphatic rings. The van der Waals surface area contributed by atoms with Crippen molar-refractivity contribution in [2.45, 2.75) is 6.54 Å². The summed E-state index contributed by atoms with van der Waals surface area (Å²) in [4.78, 5) is 11.0. The molecule has 2 aromatic rings.